The first-order valence-corrected chi connectivity index (χ1v) is 15.8. The summed E-state index contributed by atoms with van der Waals surface area (Å²) in [6.07, 6.45) is 0. The highest BCUT2D eigenvalue weighted by Crippen LogP contribution is 2.53. The van der Waals surface area contributed by atoms with Crippen LogP contribution in [0, 0.1) is 0 Å². The lowest BCUT2D eigenvalue weighted by atomic mass is 9.82. The van der Waals surface area contributed by atoms with Gasteiger partial charge in [0, 0.05) is 38.4 Å². The molecular formula is C43H30N2O. The molecule has 6 aromatic carbocycles. The smallest absolute Gasteiger partial charge is 0.160 e. The summed E-state index contributed by atoms with van der Waals surface area (Å²) in [6.45, 7) is 4.65. The molecule has 0 unspecified atom stereocenters. The van der Waals surface area contributed by atoms with Crippen LogP contribution in [0.4, 0.5) is 0 Å². The fourth-order valence-electron chi connectivity index (χ4n) is 7.22. The molecule has 0 saturated heterocycles. The Balaban J connectivity index is 1.27. The van der Waals surface area contributed by atoms with E-state index >= 15 is 0 Å². The largest absolute Gasteiger partial charge is 0.455 e. The van der Waals surface area contributed by atoms with E-state index in [0.717, 1.165) is 67.0 Å². The fourth-order valence-corrected chi connectivity index (χ4v) is 7.22. The number of nitrogens with zero attached hydrogens (tertiary/aromatic N) is 2. The van der Waals surface area contributed by atoms with Gasteiger partial charge in [-0.1, -0.05) is 141 Å². The summed E-state index contributed by atoms with van der Waals surface area (Å²) < 4.78 is 6.45. The minimum absolute atomic E-state index is 0.165. The van der Waals surface area contributed by atoms with E-state index in [1.54, 1.807) is 0 Å². The Labute approximate surface area is 267 Å². The van der Waals surface area contributed by atoms with Gasteiger partial charge in [0.05, 0.1) is 11.4 Å². The van der Waals surface area contributed by atoms with E-state index in [-0.39, 0.29) is 5.41 Å². The third-order valence-electron chi connectivity index (χ3n) is 9.52. The quantitative estimate of drug-likeness (QED) is 0.205. The van der Waals surface area contributed by atoms with Crippen LogP contribution in [0.2, 0.25) is 0 Å². The molecule has 2 aromatic heterocycles. The number of hydrogen-bond donors (Lipinski definition) is 0. The summed E-state index contributed by atoms with van der Waals surface area (Å²) >= 11 is 0. The van der Waals surface area contributed by atoms with Gasteiger partial charge in [0.1, 0.15) is 11.2 Å². The Kier molecular flexibility index (Phi) is 5.85. The predicted octanol–water partition coefficient (Wildman–Crippen LogP) is 11.4. The molecule has 46 heavy (non-hydrogen) atoms. The zero-order valence-electron chi connectivity index (χ0n) is 25.7. The van der Waals surface area contributed by atoms with Crippen LogP contribution in [0.3, 0.4) is 0 Å². The molecule has 1 aliphatic carbocycles. The number of furan rings is 1. The molecular weight excluding hydrogens is 560 g/mol. The summed E-state index contributed by atoms with van der Waals surface area (Å²) in [4.78, 5) is 10.3. The molecule has 0 saturated carbocycles. The second-order valence-electron chi connectivity index (χ2n) is 12.6. The van der Waals surface area contributed by atoms with Gasteiger partial charge in [0.25, 0.3) is 0 Å². The Hall–Kier alpha value is -5.80. The van der Waals surface area contributed by atoms with E-state index in [4.69, 9.17) is 14.4 Å². The molecule has 0 spiro atoms. The summed E-state index contributed by atoms with van der Waals surface area (Å²) in [5, 5.41) is 2.28. The van der Waals surface area contributed by atoms with Gasteiger partial charge < -0.3 is 4.42 Å². The van der Waals surface area contributed by atoms with Crippen LogP contribution in [0.25, 0.3) is 78.1 Å². The van der Waals surface area contributed by atoms with Crippen molar-refractivity contribution >= 4 is 21.9 Å². The van der Waals surface area contributed by atoms with Gasteiger partial charge in [-0.2, -0.15) is 0 Å². The maximum Gasteiger partial charge on any atom is 0.160 e. The van der Waals surface area contributed by atoms with Crippen LogP contribution in [0.15, 0.2) is 150 Å². The zero-order chi connectivity index (χ0) is 30.8. The first-order chi connectivity index (χ1) is 22.6. The van der Waals surface area contributed by atoms with Gasteiger partial charge in [0.2, 0.25) is 0 Å². The average Bonchev–Trinajstić information content (AvgIpc) is 3.61. The minimum Gasteiger partial charge on any atom is -0.455 e. The third-order valence-corrected chi connectivity index (χ3v) is 9.52. The van der Waals surface area contributed by atoms with Crippen molar-refractivity contribution in [2.24, 2.45) is 0 Å². The monoisotopic (exact) mass is 590 g/mol. The molecule has 1 aliphatic rings. The lowest BCUT2D eigenvalue weighted by Crippen LogP contribution is -2.14. The Bertz CT molecular complexity index is 2380. The highest BCUT2D eigenvalue weighted by molar-refractivity contribution is 6.10. The van der Waals surface area contributed by atoms with E-state index in [1.165, 1.54) is 22.3 Å². The number of para-hydroxylation sites is 2. The zero-order valence-corrected chi connectivity index (χ0v) is 25.7. The van der Waals surface area contributed by atoms with Crippen molar-refractivity contribution in [2.75, 3.05) is 0 Å². The number of fused-ring (bicyclic) bond motifs is 6. The first kappa shape index (κ1) is 26.6. The lowest BCUT2D eigenvalue weighted by molar-refractivity contribution is 0.660. The molecule has 0 aliphatic heterocycles. The van der Waals surface area contributed by atoms with Crippen molar-refractivity contribution in [3.63, 3.8) is 0 Å². The molecule has 0 radical (unpaired) electrons. The minimum atomic E-state index is -0.165. The molecule has 0 amide bonds. The SMILES string of the molecule is CC1(C)c2ccc(-c3cccc4c3oc3ccccc34)cc2-c2c(-c3cc(-c4ccccc4)nc(-c4ccccc4)n3)cccc21. The molecule has 0 bridgehead atoms. The summed E-state index contributed by atoms with van der Waals surface area (Å²) in [5.41, 5.74) is 14.0. The molecule has 218 valence electrons. The van der Waals surface area contributed by atoms with Crippen molar-refractivity contribution in [1.82, 2.24) is 9.97 Å². The molecule has 0 N–H and O–H groups in total. The standard InChI is InChI=1S/C43H30N2O/c1-43(2)35-24-23-29(30-18-11-19-32-31-17-9-10-22-39(31)46-41(30)32)25-34(35)40-33(20-12-21-36(40)43)38-26-37(27-13-5-3-6-14-27)44-42(45-38)28-15-7-4-8-16-28/h3-26H,1-2H3. The van der Waals surface area contributed by atoms with E-state index in [1.807, 2.05) is 36.4 Å². The van der Waals surface area contributed by atoms with Gasteiger partial charge in [-0.25, -0.2) is 9.97 Å². The van der Waals surface area contributed by atoms with Crippen molar-refractivity contribution < 1.29 is 4.42 Å². The van der Waals surface area contributed by atoms with Gasteiger partial charge in [-0.05, 0) is 46.0 Å². The summed E-state index contributed by atoms with van der Waals surface area (Å²) in [5.74, 6) is 0.720. The number of rotatable bonds is 4. The Morgan fingerprint density at radius 2 is 1.15 bits per heavy atom. The van der Waals surface area contributed by atoms with Gasteiger partial charge in [0.15, 0.2) is 5.82 Å². The van der Waals surface area contributed by atoms with E-state index in [2.05, 4.69) is 123 Å². The van der Waals surface area contributed by atoms with Crippen LogP contribution < -0.4 is 0 Å². The van der Waals surface area contributed by atoms with Gasteiger partial charge >= 0.3 is 0 Å². The highest BCUT2D eigenvalue weighted by atomic mass is 16.3. The van der Waals surface area contributed by atoms with Crippen LogP contribution in [-0.2, 0) is 5.41 Å². The van der Waals surface area contributed by atoms with Crippen LogP contribution >= 0.6 is 0 Å². The Morgan fingerprint density at radius 1 is 0.478 bits per heavy atom. The van der Waals surface area contributed by atoms with Crippen molar-refractivity contribution in [1.29, 1.82) is 0 Å². The maximum atomic E-state index is 6.45. The molecule has 3 heteroatoms. The Morgan fingerprint density at radius 3 is 1.98 bits per heavy atom. The maximum absolute atomic E-state index is 6.45. The number of aromatic nitrogens is 2. The molecule has 2 heterocycles. The third kappa shape index (κ3) is 4.05. The van der Waals surface area contributed by atoms with Crippen LogP contribution in [0.5, 0.6) is 0 Å². The van der Waals surface area contributed by atoms with Crippen molar-refractivity contribution in [2.45, 2.75) is 19.3 Å². The number of hydrogen-bond acceptors (Lipinski definition) is 3. The van der Waals surface area contributed by atoms with E-state index < -0.39 is 0 Å². The average molecular weight is 591 g/mol. The second kappa shape index (κ2) is 10.1. The van der Waals surface area contributed by atoms with Gasteiger partial charge in [-0.3, -0.25) is 0 Å². The number of benzene rings is 6. The van der Waals surface area contributed by atoms with Crippen molar-refractivity contribution in [3.8, 4) is 56.2 Å². The predicted molar refractivity (Wildman–Crippen MR) is 189 cm³/mol. The van der Waals surface area contributed by atoms with Crippen LogP contribution in [-0.4, -0.2) is 9.97 Å². The second-order valence-corrected chi connectivity index (χ2v) is 12.6. The van der Waals surface area contributed by atoms with Crippen LogP contribution in [0.1, 0.15) is 25.0 Å². The highest BCUT2D eigenvalue weighted by Gasteiger charge is 2.37. The first-order valence-electron chi connectivity index (χ1n) is 15.8. The molecule has 3 nitrogen and oxygen atoms in total. The normalized spacial score (nSPS) is 13.2. The van der Waals surface area contributed by atoms with E-state index in [9.17, 15) is 0 Å². The topological polar surface area (TPSA) is 38.9 Å². The fraction of sp³-hybridized carbons (Fsp3) is 0.0698. The van der Waals surface area contributed by atoms with Gasteiger partial charge in [-0.15, -0.1) is 0 Å². The van der Waals surface area contributed by atoms with E-state index in [0.29, 0.717) is 0 Å². The molecule has 9 rings (SSSR count). The molecule has 8 aromatic rings. The molecule has 0 atom stereocenters. The summed E-state index contributed by atoms with van der Waals surface area (Å²) in [6, 6.07) is 51.1. The van der Waals surface area contributed by atoms with Crippen molar-refractivity contribution in [3.05, 3.63) is 157 Å². The summed E-state index contributed by atoms with van der Waals surface area (Å²) in [7, 11) is 0. The molecule has 0 fully saturated rings. The lowest BCUT2D eigenvalue weighted by Gasteiger charge is -2.21.